The van der Waals surface area contributed by atoms with Gasteiger partial charge in [0, 0.05) is 17.1 Å². The van der Waals surface area contributed by atoms with Crippen LogP contribution in [0.3, 0.4) is 0 Å². The number of benzene rings is 1. The first-order valence-electron chi connectivity index (χ1n) is 5.75. The molecule has 3 nitrogen and oxygen atoms in total. The van der Waals surface area contributed by atoms with Crippen LogP contribution >= 0.6 is 15.9 Å². The molecule has 0 aliphatic heterocycles. The zero-order valence-corrected chi connectivity index (χ0v) is 12.7. The van der Waals surface area contributed by atoms with Crippen LogP contribution in [0.15, 0.2) is 22.7 Å². The van der Waals surface area contributed by atoms with E-state index in [0.29, 0.717) is 5.56 Å². The third kappa shape index (κ3) is 3.51. The Morgan fingerprint density at radius 1 is 1.39 bits per heavy atom. The van der Waals surface area contributed by atoms with Crippen LogP contribution in [-0.4, -0.2) is 13.2 Å². The van der Waals surface area contributed by atoms with Crippen LogP contribution in [0.5, 0.6) is 0 Å². The van der Waals surface area contributed by atoms with E-state index in [4.69, 9.17) is 10.6 Å². The summed E-state index contributed by atoms with van der Waals surface area (Å²) in [5.74, 6) is 5.29. The number of ether oxygens (including phenoxy) is 1. The first-order chi connectivity index (χ1) is 8.31. The molecule has 2 atom stereocenters. The molecule has 0 aliphatic rings. The summed E-state index contributed by atoms with van der Waals surface area (Å²) in [6, 6.07) is 4.38. The fraction of sp³-hybridized carbons (Fsp3) is 0.538. The molecule has 1 aromatic carbocycles. The molecule has 0 heterocycles. The number of methoxy groups -OCH3 is 1. The molecule has 1 aromatic rings. The summed E-state index contributed by atoms with van der Waals surface area (Å²) in [5, 5.41) is 0. The lowest BCUT2D eigenvalue weighted by Crippen LogP contribution is -2.44. The maximum atomic E-state index is 13.9. The molecular weight excluding hydrogens is 299 g/mol. The molecule has 0 saturated carbocycles. The first-order valence-corrected chi connectivity index (χ1v) is 6.54. The van der Waals surface area contributed by atoms with Crippen molar-refractivity contribution in [1.82, 2.24) is 5.43 Å². The highest BCUT2D eigenvalue weighted by atomic mass is 79.9. The van der Waals surface area contributed by atoms with E-state index in [0.717, 1.165) is 4.47 Å². The quantitative estimate of drug-likeness (QED) is 0.662. The Kier molecular flexibility index (Phi) is 5.28. The zero-order valence-electron chi connectivity index (χ0n) is 11.1. The van der Waals surface area contributed by atoms with Crippen LogP contribution in [-0.2, 0) is 4.74 Å². The van der Waals surface area contributed by atoms with Gasteiger partial charge in [-0.2, -0.15) is 0 Å². The van der Waals surface area contributed by atoms with Crippen molar-refractivity contribution in [2.24, 2.45) is 11.3 Å². The Morgan fingerprint density at radius 2 is 2.00 bits per heavy atom. The number of rotatable bonds is 4. The number of nitrogens with two attached hydrogens (primary N) is 1. The molecular formula is C13H20BrFN2O. The van der Waals surface area contributed by atoms with Crippen molar-refractivity contribution >= 4 is 15.9 Å². The number of hydrogen-bond acceptors (Lipinski definition) is 3. The largest absolute Gasteiger partial charge is 0.379 e. The molecule has 0 radical (unpaired) electrons. The van der Waals surface area contributed by atoms with Crippen molar-refractivity contribution in [2.45, 2.75) is 32.9 Å². The standard InChI is InChI=1S/C13H20BrFN2O/c1-13(2,3)12(18-4)11(17-16)9-7-8(14)5-6-10(9)15/h5-7,11-12,17H,16H2,1-4H3. The molecule has 5 heteroatoms. The van der Waals surface area contributed by atoms with Gasteiger partial charge in [-0.1, -0.05) is 36.7 Å². The lowest BCUT2D eigenvalue weighted by molar-refractivity contribution is -0.0128. The van der Waals surface area contributed by atoms with E-state index in [1.807, 2.05) is 20.8 Å². The van der Waals surface area contributed by atoms with Crippen LogP contribution < -0.4 is 11.3 Å². The van der Waals surface area contributed by atoms with E-state index in [9.17, 15) is 4.39 Å². The van der Waals surface area contributed by atoms with Gasteiger partial charge in [-0.05, 0) is 23.6 Å². The number of nitrogens with one attached hydrogen (secondary N) is 1. The number of hydrogen-bond donors (Lipinski definition) is 2. The Bertz CT molecular complexity index is 406. The molecule has 3 N–H and O–H groups in total. The Labute approximate surface area is 116 Å². The van der Waals surface area contributed by atoms with E-state index in [2.05, 4.69) is 21.4 Å². The summed E-state index contributed by atoms with van der Waals surface area (Å²) in [7, 11) is 1.61. The van der Waals surface area contributed by atoms with E-state index in [-0.39, 0.29) is 17.3 Å². The second kappa shape index (κ2) is 6.10. The molecule has 0 fully saturated rings. The molecule has 0 saturated heterocycles. The Balaban J connectivity index is 3.19. The van der Waals surface area contributed by atoms with E-state index >= 15 is 0 Å². The highest BCUT2D eigenvalue weighted by Crippen LogP contribution is 2.34. The Morgan fingerprint density at radius 3 is 2.44 bits per heavy atom. The molecule has 0 amide bonds. The molecule has 102 valence electrons. The summed E-state index contributed by atoms with van der Waals surface area (Å²) < 4.78 is 20.2. The predicted octanol–water partition coefficient (Wildman–Crippen LogP) is 3.15. The summed E-state index contributed by atoms with van der Waals surface area (Å²) in [6.45, 7) is 6.09. The molecule has 0 bridgehead atoms. The summed E-state index contributed by atoms with van der Waals surface area (Å²) in [4.78, 5) is 0. The van der Waals surface area contributed by atoms with Crippen molar-refractivity contribution in [3.05, 3.63) is 34.1 Å². The first kappa shape index (κ1) is 15.6. The van der Waals surface area contributed by atoms with Crippen molar-refractivity contribution in [3.8, 4) is 0 Å². The van der Waals surface area contributed by atoms with Crippen LogP contribution in [0.2, 0.25) is 0 Å². The molecule has 1 rings (SSSR count). The van der Waals surface area contributed by atoms with Gasteiger partial charge in [-0.15, -0.1) is 0 Å². The van der Waals surface area contributed by atoms with Crippen LogP contribution in [0.25, 0.3) is 0 Å². The lowest BCUT2D eigenvalue weighted by atomic mass is 9.82. The van der Waals surface area contributed by atoms with Gasteiger partial charge in [0.15, 0.2) is 0 Å². The van der Waals surface area contributed by atoms with Gasteiger partial charge in [-0.25, -0.2) is 4.39 Å². The Hall–Kier alpha value is -0.490. The number of hydrazine groups is 1. The lowest BCUT2D eigenvalue weighted by Gasteiger charge is -2.36. The van der Waals surface area contributed by atoms with Crippen molar-refractivity contribution in [2.75, 3.05) is 7.11 Å². The SMILES string of the molecule is COC(C(NN)c1cc(Br)ccc1F)C(C)(C)C. The molecule has 2 unspecified atom stereocenters. The second-order valence-electron chi connectivity index (χ2n) is 5.33. The maximum absolute atomic E-state index is 13.9. The van der Waals surface area contributed by atoms with Crippen molar-refractivity contribution < 1.29 is 9.13 Å². The minimum Gasteiger partial charge on any atom is -0.379 e. The second-order valence-corrected chi connectivity index (χ2v) is 6.25. The fourth-order valence-electron chi connectivity index (χ4n) is 2.08. The van der Waals surface area contributed by atoms with Crippen LogP contribution in [0.4, 0.5) is 4.39 Å². The van der Waals surface area contributed by atoms with E-state index < -0.39 is 6.04 Å². The highest BCUT2D eigenvalue weighted by Gasteiger charge is 2.34. The van der Waals surface area contributed by atoms with Gasteiger partial charge in [0.2, 0.25) is 0 Å². The molecule has 18 heavy (non-hydrogen) atoms. The number of halogens is 2. The third-order valence-electron chi connectivity index (χ3n) is 2.88. The summed E-state index contributed by atoms with van der Waals surface area (Å²) in [5.41, 5.74) is 2.99. The smallest absolute Gasteiger partial charge is 0.128 e. The predicted molar refractivity (Wildman–Crippen MR) is 74.4 cm³/mol. The maximum Gasteiger partial charge on any atom is 0.128 e. The normalized spacial score (nSPS) is 15.5. The van der Waals surface area contributed by atoms with Gasteiger partial charge in [0.05, 0.1) is 12.1 Å². The average molecular weight is 319 g/mol. The van der Waals surface area contributed by atoms with Gasteiger partial charge in [-0.3, -0.25) is 11.3 Å². The van der Waals surface area contributed by atoms with Crippen LogP contribution in [0.1, 0.15) is 32.4 Å². The minimum absolute atomic E-state index is 0.166. The highest BCUT2D eigenvalue weighted by molar-refractivity contribution is 9.10. The minimum atomic E-state index is -0.410. The van der Waals surface area contributed by atoms with Crippen molar-refractivity contribution in [3.63, 3.8) is 0 Å². The zero-order chi connectivity index (χ0) is 13.9. The fourth-order valence-corrected chi connectivity index (χ4v) is 2.46. The topological polar surface area (TPSA) is 47.3 Å². The summed E-state index contributed by atoms with van der Waals surface area (Å²) in [6.07, 6.45) is -0.244. The van der Waals surface area contributed by atoms with Crippen molar-refractivity contribution in [1.29, 1.82) is 0 Å². The van der Waals surface area contributed by atoms with Gasteiger partial charge >= 0.3 is 0 Å². The third-order valence-corrected chi connectivity index (χ3v) is 3.38. The average Bonchev–Trinajstić information content (AvgIpc) is 2.27. The van der Waals surface area contributed by atoms with Crippen LogP contribution in [0, 0.1) is 11.2 Å². The monoisotopic (exact) mass is 318 g/mol. The molecule has 0 aromatic heterocycles. The molecule has 0 aliphatic carbocycles. The van der Waals surface area contributed by atoms with E-state index in [1.54, 1.807) is 19.2 Å². The van der Waals surface area contributed by atoms with Gasteiger partial charge < -0.3 is 4.74 Å². The molecule has 0 spiro atoms. The van der Waals surface area contributed by atoms with E-state index in [1.165, 1.54) is 6.07 Å². The van der Waals surface area contributed by atoms with Gasteiger partial charge in [0.25, 0.3) is 0 Å². The summed E-state index contributed by atoms with van der Waals surface area (Å²) >= 11 is 3.34. The van der Waals surface area contributed by atoms with Gasteiger partial charge in [0.1, 0.15) is 5.82 Å².